The molecule has 1 atom stereocenters. The van der Waals surface area contributed by atoms with Crippen LogP contribution in [0.1, 0.15) is 5.56 Å². The van der Waals surface area contributed by atoms with Crippen molar-refractivity contribution in [2.45, 2.75) is 12.5 Å². The third-order valence-corrected chi connectivity index (χ3v) is 2.93. The lowest BCUT2D eigenvalue weighted by Crippen LogP contribution is -2.40. The number of hydrogen-bond donors (Lipinski definition) is 2. The number of methoxy groups -OCH3 is 2. The Morgan fingerprint density at radius 3 is 2.74 bits per heavy atom. The molecule has 0 spiro atoms. The molecule has 0 aliphatic heterocycles. The van der Waals surface area contributed by atoms with Gasteiger partial charge in [0.1, 0.15) is 5.75 Å². The van der Waals surface area contributed by atoms with Gasteiger partial charge in [-0.05, 0) is 30.2 Å². The molecule has 0 amide bonds. The number of hydrogen-bond acceptors (Lipinski definition) is 5. The maximum atomic E-state index is 5.99. The SMILES string of the molecule is COCCOCC(Cc1cc(Cl)ccc1OC)NN. The standard InChI is InChI=1S/C13H21ClN2O3/c1-17-5-6-19-9-12(16-15)8-10-7-11(14)3-4-13(10)18-2/h3-4,7,12,16H,5-6,8-9,15H2,1-2H3. The quantitative estimate of drug-likeness (QED) is 0.408. The Morgan fingerprint density at radius 1 is 1.32 bits per heavy atom. The molecule has 1 aromatic carbocycles. The van der Waals surface area contributed by atoms with E-state index in [1.54, 1.807) is 20.3 Å². The van der Waals surface area contributed by atoms with Crippen LogP contribution in [0.3, 0.4) is 0 Å². The van der Waals surface area contributed by atoms with E-state index in [-0.39, 0.29) is 6.04 Å². The maximum Gasteiger partial charge on any atom is 0.122 e. The van der Waals surface area contributed by atoms with Crippen LogP contribution in [0.4, 0.5) is 0 Å². The molecule has 108 valence electrons. The first kappa shape index (κ1) is 16.2. The van der Waals surface area contributed by atoms with Gasteiger partial charge in [0, 0.05) is 18.2 Å². The summed E-state index contributed by atoms with van der Waals surface area (Å²) in [5.41, 5.74) is 3.73. The Hall–Kier alpha value is -0.850. The number of hydrazine groups is 1. The van der Waals surface area contributed by atoms with Gasteiger partial charge in [-0.25, -0.2) is 0 Å². The van der Waals surface area contributed by atoms with Gasteiger partial charge in [-0.15, -0.1) is 0 Å². The molecule has 19 heavy (non-hydrogen) atoms. The van der Waals surface area contributed by atoms with Crippen molar-refractivity contribution >= 4 is 11.6 Å². The number of rotatable bonds is 9. The van der Waals surface area contributed by atoms with Crippen molar-refractivity contribution in [1.29, 1.82) is 0 Å². The molecule has 6 heteroatoms. The molecule has 0 aliphatic carbocycles. The van der Waals surface area contributed by atoms with E-state index < -0.39 is 0 Å². The summed E-state index contributed by atoms with van der Waals surface area (Å²) >= 11 is 5.99. The van der Waals surface area contributed by atoms with Crippen molar-refractivity contribution in [2.24, 2.45) is 5.84 Å². The minimum atomic E-state index is -0.00998. The predicted molar refractivity (Wildman–Crippen MR) is 75.5 cm³/mol. The molecule has 0 saturated carbocycles. The van der Waals surface area contributed by atoms with Crippen LogP contribution >= 0.6 is 11.6 Å². The van der Waals surface area contributed by atoms with Gasteiger partial charge in [0.05, 0.1) is 26.9 Å². The summed E-state index contributed by atoms with van der Waals surface area (Å²) in [6.07, 6.45) is 0.674. The normalized spacial score (nSPS) is 12.4. The highest BCUT2D eigenvalue weighted by Crippen LogP contribution is 2.23. The zero-order valence-electron chi connectivity index (χ0n) is 11.3. The molecule has 0 heterocycles. The Kier molecular flexibility index (Phi) is 7.78. The molecule has 1 aromatic rings. The summed E-state index contributed by atoms with van der Waals surface area (Å²) < 4.78 is 15.7. The van der Waals surface area contributed by atoms with E-state index in [2.05, 4.69) is 5.43 Å². The summed E-state index contributed by atoms with van der Waals surface area (Å²) in [5.74, 6) is 6.32. The van der Waals surface area contributed by atoms with E-state index in [9.17, 15) is 0 Å². The van der Waals surface area contributed by atoms with E-state index >= 15 is 0 Å². The zero-order valence-corrected chi connectivity index (χ0v) is 12.1. The first-order chi connectivity index (χ1) is 9.21. The molecule has 0 fully saturated rings. The number of halogens is 1. The monoisotopic (exact) mass is 288 g/mol. The van der Waals surface area contributed by atoms with Gasteiger partial charge in [0.25, 0.3) is 0 Å². The van der Waals surface area contributed by atoms with E-state index in [0.29, 0.717) is 31.3 Å². The third kappa shape index (κ3) is 5.76. The average molecular weight is 289 g/mol. The Labute approximate surface area is 118 Å². The van der Waals surface area contributed by atoms with Gasteiger partial charge in [-0.3, -0.25) is 11.3 Å². The van der Waals surface area contributed by atoms with Crippen molar-refractivity contribution in [3.63, 3.8) is 0 Å². The van der Waals surface area contributed by atoms with Crippen LogP contribution < -0.4 is 16.0 Å². The van der Waals surface area contributed by atoms with Crippen molar-refractivity contribution in [1.82, 2.24) is 5.43 Å². The Morgan fingerprint density at radius 2 is 2.11 bits per heavy atom. The topological polar surface area (TPSA) is 65.7 Å². The van der Waals surface area contributed by atoms with Crippen molar-refractivity contribution in [3.8, 4) is 5.75 Å². The van der Waals surface area contributed by atoms with E-state index in [1.165, 1.54) is 0 Å². The summed E-state index contributed by atoms with van der Waals surface area (Å²) in [6.45, 7) is 1.61. The summed E-state index contributed by atoms with van der Waals surface area (Å²) in [5, 5.41) is 0.673. The van der Waals surface area contributed by atoms with Crippen LogP contribution in [0.25, 0.3) is 0 Å². The van der Waals surface area contributed by atoms with Gasteiger partial charge in [-0.2, -0.15) is 0 Å². The third-order valence-electron chi connectivity index (χ3n) is 2.70. The molecule has 0 aliphatic rings. The Bertz CT molecular complexity index is 377. The number of benzene rings is 1. The Balaban J connectivity index is 2.56. The van der Waals surface area contributed by atoms with Crippen LogP contribution in [-0.4, -0.2) is 40.1 Å². The fraction of sp³-hybridized carbons (Fsp3) is 0.538. The second kappa shape index (κ2) is 9.12. The molecule has 5 nitrogen and oxygen atoms in total. The number of nitrogens with two attached hydrogens (primary N) is 1. The van der Waals surface area contributed by atoms with Gasteiger partial charge < -0.3 is 14.2 Å². The fourth-order valence-corrected chi connectivity index (χ4v) is 1.90. The van der Waals surface area contributed by atoms with Crippen LogP contribution in [0.2, 0.25) is 5.02 Å². The minimum absolute atomic E-state index is 0.00998. The summed E-state index contributed by atoms with van der Waals surface area (Å²) in [4.78, 5) is 0. The largest absolute Gasteiger partial charge is 0.496 e. The lowest BCUT2D eigenvalue weighted by Gasteiger charge is -2.18. The fourth-order valence-electron chi connectivity index (χ4n) is 1.71. The second-order valence-corrected chi connectivity index (χ2v) is 4.53. The first-order valence-electron chi connectivity index (χ1n) is 6.06. The van der Waals surface area contributed by atoms with Crippen LogP contribution in [0.5, 0.6) is 5.75 Å². The van der Waals surface area contributed by atoms with Gasteiger partial charge in [-0.1, -0.05) is 11.6 Å². The summed E-state index contributed by atoms with van der Waals surface area (Å²) in [7, 11) is 3.27. The zero-order chi connectivity index (χ0) is 14.1. The summed E-state index contributed by atoms with van der Waals surface area (Å²) in [6, 6.07) is 5.50. The minimum Gasteiger partial charge on any atom is -0.496 e. The molecule has 0 radical (unpaired) electrons. The molecular formula is C13H21ClN2O3. The van der Waals surface area contributed by atoms with E-state index in [0.717, 1.165) is 11.3 Å². The van der Waals surface area contributed by atoms with Crippen molar-refractivity contribution in [2.75, 3.05) is 34.0 Å². The number of nitrogens with one attached hydrogen (secondary N) is 1. The van der Waals surface area contributed by atoms with E-state index in [1.807, 2.05) is 12.1 Å². The van der Waals surface area contributed by atoms with Gasteiger partial charge in [0.2, 0.25) is 0 Å². The highest BCUT2D eigenvalue weighted by atomic mass is 35.5. The molecule has 0 bridgehead atoms. The molecule has 0 aromatic heterocycles. The molecule has 1 unspecified atom stereocenters. The van der Waals surface area contributed by atoms with Crippen LogP contribution in [0.15, 0.2) is 18.2 Å². The molecule has 0 saturated heterocycles. The smallest absolute Gasteiger partial charge is 0.122 e. The molecule has 1 rings (SSSR count). The van der Waals surface area contributed by atoms with Gasteiger partial charge in [0.15, 0.2) is 0 Å². The second-order valence-electron chi connectivity index (χ2n) is 4.09. The average Bonchev–Trinajstić information content (AvgIpc) is 2.42. The highest BCUT2D eigenvalue weighted by Gasteiger charge is 2.12. The molecular weight excluding hydrogens is 268 g/mol. The van der Waals surface area contributed by atoms with Gasteiger partial charge >= 0.3 is 0 Å². The predicted octanol–water partition coefficient (Wildman–Crippen LogP) is 1.39. The number of ether oxygens (including phenoxy) is 3. The van der Waals surface area contributed by atoms with Crippen molar-refractivity contribution in [3.05, 3.63) is 28.8 Å². The molecule has 3 N–H and O–H groups in total. The maximum absolute atomic E-state index is 5.99. The van der Waals surface area contributed by atoms with Crippen molar-refractivity contribution < 1.29 is 14.2 Å². The van der Waals surface area contributed by atoms with E-state index in [4.69, 9.17) is 31.7 Å². The van der Waals surface area contributed by atoms with Crippen LogP contribution in [-0.2, 0) is 15.9 Å². The highest BCUT2D eigenvalue weighted by molar-refractivity contribution is 6.30. The first-order valence-corrected chi connectivity index (χ1v) is 6.44. The lowest BCUT2D eigenvalue weighted by molar-refractivity contribution is 0.0586. The van der Waals surface area contributed by atoms with Crippen LogP contribution in [0, 0.1) is 0 Å². The lowest BCUT2D eigenvalue weighted by atomic mass is 10.1.